The van der Waals surface area contributed by atoms with E-state index in [9.17, 15) is 14.7 Å². The third-order valence-corrected chi connectivity index (χ3v) is 8.88. The van der Waals surface area contributed by atoms with E-state index in [1.807, 2.05) is 48.5 Å². The predicted octanol–water partition coefficient (Wildman–Crippen LogP) is 6.41. The van der Waals surface area contributed by atoms with Crippen LogP contribution < -0.4 is 5.32 Å². The smallest absolute Gasteiger partial charge is 0.407 e. The number of carboxylic acid groups (broad SMARTS) is 1. The molecule has 0 heterocycles. The van der Waals surface area contributed by atoms with Gasteiger partial charge in [-0.1, -0.05) is 83.9 Å². The topological polar surface area (TPSA) is 75.6 Å². The molecule has 3 aromatic rings. The van der Waals surface area contributed by atoms with E-state index in [2.05, 4.69) is 17.4 Å². The molecule has 0 radical (unpaired) electrons. The van der Waals surface area contributed by atoms with Crippen LogP contribution in [0.4, 0.5) is 4.79 Å². The lowest BCUT2D eigenvalue weighted by Crippen LogP contribution is -2.73. The maximum absolute atomic E-state index is 12.8. The molecule has 5 nitrogen and oxygen atoms in total. The first-order valence-electron chi connectivity index (χ1n) is 11.6. The number of rotatable bonds is 6. The first-order valence-corrected chi connectivity index (χ1v) is 12.4. The molecule has 4 aliphatic carbocycles. The summed E-state index contributed by atoms with van der Waals surface area (Å²) in [5, 5.41) is 13.6. The number of carbonyl (C=O) groups excluding carboxylic acids is 1. The number of halogens is 2. The maximum Gasteiger partial charge on any atom is 0.407 e. The van der Waals surface area contributed by atoms with Crippen molar-refractivity contribution in [3.63, 3.8) is 0 Å². The summed E-state index contributed by atoms with van der Waals surface area (Å²) in [6.07, 6.45) is 1.21. The molecule has 35 heavy (non-hydrogen) atoms. The highest BCUT2D eigenvalue weighted by Gasteiger charge is 2.73. The minimum Gasteiger partial charge on any atom is -0.480 e. The number of hydrogen-bond donors (Lipinski definition) is 2. The average Bonchev–Trinajstić information content (AvgIpc) is 3.11. The monoisotopic (exact) mass is 507 g/mol. The lowest BCUT2D eigenvalue weighted by molar-refractivity contribution is -0.183. The molecule has 0 aromatic heterocycles. The predicted molar refractivity (Wildman–Crippen MR) is 134 cm³/mol. The van der Waals surface area contributed by atoms with Crippen LogP contribution in [0.1, 0.15) is 41.9 Å². The summed E-state index contributed by atoms with van der Waals surface area (Å²) < 4.78 is 5.59. The summed E-state index contributed by atoms with van der Waals surface area (Å²) in [7, 11) is 0. The molecule has 2 N–H and O–H groups in total. The third-order valence-electron chi connectivity index (χ3n) is 8.06. The Kier molecular flexibility index (Phi) is 5.13. The van der Waals surface area contributed by atoms with E-state index < -0.39 is 23.5 Å². The van der Waals surface area contributed by atoms with E-state index in [4.69, 9.17) is 27.9 Å². The summed E-state index contributed by atoms with van der Waals surface area (Å²) in [5.41, 5.74) is 4.78. The largest absolute Gasteiger partial charge is 0.480 e. The number of alkyl carbamates (subject to hydrolysis) is 1. The van der Waals surface area contributed by atoms with Gasteiger partial charge in [-0.15, -0.1) is 0 Å². The van der Waals surface area contributed by atoms with Crippen LogP contribution in [0.2, 0.25) is 10.0 Å². The van der Waals surface area contributed by atoms with Crippen LogP contribution in [0.5, 0.6) is 0 Å². The van der Waals surface area contributed by atoms with Crippen LogP contribution in [0.15, 0.2) is 66.7 Å². The van der Waals surface area contributed by atoms with Crippen molar-refractivity contribution in [2.24, 2.45) is 5.41 Å². The first-order chi connectivity index (χ1) is 16.8. The molecule has 3 fully saturated rings. The molecule has 3 saturated carbocycles. The Labute approximate surface area is 213 Å². The fourth-order valence-electron chi connectivity index (χ4n) is 6.61. The van der Waals surface area contributed by atoms with E-state index in [0.717, 1.165) is 27.8 Å². The van der Waals surface area contributed by atoms with E-state index in [0.29, 0.717) is 29.3 Å². The van der Waals surface area contributed by atoms with Crippen LogP contribution in [0, 0.1) is 5.41 Å². The van der Waals surface area contributed by atoms with Crippen LogP contribution in [-0.2, 0) is 14.9 Å². The van der Waals surface area contributed by atoms with Gasteiger partial charge in [0.15, 0.2) is 0 Å². The number of fused-ring (bicyclic) bond motifs is 3. The molecular weight excluding hydrogens is 485 g/mol. The average molecular weight is 508 g/mol. The van der Waals surface area contributed by atoms with Crippen LogP contribution >= 0.6 is 23.2 Å². The van der Waals surface area contributed by atoms with Gasteiger partial charge >= 0.3 is 12.1 Å². The number of amides is 1. The van der Waals surface area contributed by atoms with Crippen molar-refractivity contribution >= 4 is 35.3 Å². The second kappa shape index (κ2) is 8.00. The normalized spacial score (nSPS) is 24.4. The number of nitrogens with one attached hydrogen (secondary N) is 1. The third kappa shape index (κ3) is 3.36. The van der Waals surface area contributed by atoms with Gasteiger partial charge in [-0.3, -0.25) is 0 Å². The molecule has 0 saturated heterocycles. The standard InChI is InChI=1S/C28H23Cl2NO4/c29-22-11-5-10-21(23(22)30)27-13-28(14-27,15-27)24(25(32)33)31-26(34)35-12-20-18-8-3-1-6-16(18)17-7-2-4-9-19(17)20/h1-11,20,24H,12-15H2,(H,31,34)(H,32,33). The quantitative estimate of drug-likeness (QED) is 0.404. The number of aliphatic carboxylic acids is 1. The molecule has 0 spiro atoms. The van der Waals surface area contributed by atoms with Gasteiger partial charge in [0, 0.05) is 11.3 Å². The molecule has 1 atom stereocenters. The molecule has 1 amide bonds. The second-order valence-corrected chi connectivity index (χ2v) is 10.8. The minimum absolute atomic E-state index is 0.0837. The molecule has 7 heteroatoms. The van der Waals surface area contributed by atoms with Gasteiger partial charge in [-0.2, -0.15) is 0 Å². The van der Waals surface area contributed by atoms with E-state index in [1.54, 1.807) is 6.07 Å². The Morgan fingerprint density at radius 2 is 1.54 bits per heavy atom. The molecule has 2 bridgehead atoms. The lowest BCUT2D eigenvalue weighted by Gasteiger charge is -2.72. The SMILES string of the molecule is O=C(NC(C(=O)O)C12CC(c3cccc(Cl)c3Cl)(C1)C2)OCC1c2ccccc2-c2ccccc21. The van der Waals surface area contributed by atoms with Crippen LogP contribution in [0.3, 0.4) is 0 Å². The first kappa shape index (κ1) is 22.4. The Morgan fingerprint density at radius 3 is 2.14 bits per heavy atom. The Hall–Kier alpha value is -3.02. The number of hydrogen-bond acceptors (Lipinski definition) is 3. The summed E-state index contributed by atoms with van der Waals surface area (Å²) in [4.78, 5) is 24.9. The highest BCUT2D eigenvalue weighted by atomic mass is 35.5. The summed E-state index contributed by atoms with van der Waals surface area (Å²) in [6, 6.07) is 20.7. The van der Waals surface area contributed by atoms with E-state index in [1.165, 1.54) is 0 Å². The van der Waals surface area contributed by atoms with Crippen molar-refractivity contribution in [1.29, 1.82) is 0 Å². The number of carbonyl (C=O) groups is 2. The van der Waals surface area contributed by atoms with Gasteiger partial charge < -0.3 is 15.2 Å². The van der Waals surface area contributed by atoms with Gasteiger partial charge in [0.1, 0.15) is 12.6 Å². The number of carboxylic acids is 1. The molecule has 1 unspecified atom stereocenters. The lowest BCUT2D eigenvalue weighted by atomic mass is 9.31. The summed E-state index contributed by atoms with van der Waals surface area (Å²) in [5.74, 6) is -1.14. The second-order valence-electron chi connectivity index (χ2n) is 10.0. The van der Waals surface area contributed by atoms with E-state index >= 15 is 0 Å². The Balaban J connectivity index is 1.14. The van der Waals surface area contributed by atoms with Gasteiger partial charge in [0.25, 0.3) is 0 Å². The van der Waals surface area contributed by atoms with E-state index in [-0.39, 0.29) is 17.9 Å². The number of ether oxygens (including phenoxy) is 1. The fraction of sp³-hybridized carbons (Fsp3) is 0.286. The van der Waals surface area contributed by atoms with Crippen molar-refractivity contribution in [2.45, 2.75) is 36.6 Å². The summed E-state index contributed by atoms with van der Waals surface area (Å²) >= 11 is 12.6. The zero-order chi connectivity index (χ0) is 24.4. The van der Waals surface area contributed by atoms with Crippen molar-refractivity contribution < 1.29 is 19.4 Å². The van der Waals surface area contributed by atoms with Crippen LogP contribution in [-0.4, -0.2) is 29.8 Å². The van der Waals surface area contributed by atoms with Crippen molar-refractivity contribution in [3.8, 4) is 11.1 Å². The van der Waals surface area contributed by atoms with Crippen molar-refractivity contribution in [2.75, 3.05) is 6.61 Å². The molecule has 7 rings (SSSR count). The molecule has 3 aromatic carbocycles. The van der Waals surface area contributed by atoms with Crippen LogP contribution in [0.25, 0.3) is 11.1 Å². The van der Waals surface area contributed by atoms with Gasteiger partial charge in [-0.25, -0.2) is 9.59 Å². The molecular formula is C28H23Cl2NO4. The fourth-order valence-corrected chi connectivity index (χ4v) is 7.11. The van der Waals surface area contributed by atoms with Gasteiger partial charge in [0.2, 0.25) is 0 Å². The summed E-state index contributed by atoms with van der Waals surface area (Å²) in [6.45, 7) is 0.140. The number of benzene rings is 3. The molecule has 4 aliphatic rings. The Bertz CT molecular complexity index is 1310. The van der Waals surface area contributed by atoms with Gasteiger partial charge in [0.05, 0.1) is 10.0 Å². The zero-order valence-corrected chi connectivity index (χ0v) is 20.3. The maximum atomic E-state index is 12.8. The van der Waals surface area contributed by atoms with Crippen molar-refractivity contribution in [1.82, 2.24) is 5.32 Å². The molecule has 0 aliphatic heterocycles. The molecule has 178 valence electrons. The Morgan fingerprint density at radius 1 is 0.943 bits per heavy atom. The minimum atomic E-state index is -1.05. The van der Waals surface area contributed by atoms with Crippen molar-refractivity contribution in [3.05, 3.63) is 93.5 Å². The zero-order valence-electron chi connectivity index (χ0n) is 18.8. The highest BCUT2D eigenvalue weighted by Crippen LogP contribution is 2.75. The highest BCUT2D eigenvalue weighted by molar-refractivity contribution is 6.42. The van der Waals surface area contributed by atoms with Gasteiger partial charge in [-0.05, 0) is 58.6 Å².